The molecule has 0 bridgehead atoms. The molecular weight excluding hydrogens is 174 g/mol. The fourth-order valence-corrected chi connectivity index (χ4v) is 1.58. The molecule has 1 heterocycles. The molecule has 0 aromatic carbocycles. The normalized spacial score (nSPS) is 9.21. The summed E-state index contributed by atoms with van der Waals surface area (Å²) in [5, 5.41) is 17.9. The average Bonchev–Trinajstić information content (AvgIpc) is 2.16. The van der Waals surface area contributed by atoms with E-state index in [2.05, 4.69) is 17.1 Å². The van der Waals surface area contributed by atoms with Crippen LogP contribution in [0.15, 0.2) is 0 Å². The van der Waals surface area contributed by atoms with E-state index < -0.39 is 0 Å². The molecule has 3 nitrogen and oxygen atoms in total. The van der Waals surface area contributed by atoms with Gasteiger partial charge in [0.25, 0.3) is 0 Å². The second-order valence-corrected chi connectivity index (χ2v) is 3.09. The van der Waals surface area contributed by atoms with Crippen LogP contribution >= 0.6 is 0 Å². The van der Waals surface area contributed by atoms with E-state index in [1.54, 1.807) is 13.8 Å². The largest absolute Gasteiger partial charge is 0.256 e. The third-order valence-electron chi connectivity index (χ3n) is 2.24. The summed E-state index contributed by atoms with van der Waals surface area (Å²) in [5.74, 6) is 0. The molecule has 0 radical (unpaired) electrons. The third-order valence-corrected chi connectivity index (χ3v) is 2.24. The quantitative estimate of drug-likeness (QED) is 0.672. The van der Waals surface area contributed by atoms with Crippen molar-refractivity contribution in [3.05, 3.63) is 28.1 Å². The van der Waals surface area contributed by atoms with E-state index in [1.165, 1.54) is 0 Å². The van der Waals surface area contributed by atoms with Crippen LogP contribution < -0.4 is 0 Å². The molecule has 1 aromatic heterocycles. The minimum atomic E-state index is 0.551. The van der Waals surface area contributed by atoms with E-state index in [1.807, 2.05) is 6.92 Å². The SMILES string of the molecule is CCc1c(C#N)c(C)nc(C)c1C#N. The van der Waals surface area contributed by atoms with Crippen LogP contribution in [0.1, 0.15) is 35.0 Å². The number of nitrogens with zero attached hydrogens (tertiary/aromatic N) is 3. The van der Waals surface area contributed by atoms with E-state index in [0.29, 0.717) is 28.9 Å². The van der Waals surface area contributed by atoms with E-state index in [-0.39, 0.29) is 0 Å². The smallest absolute Gasteiger partial charge is 0.101 e. The molecule has 3 heteroatoms. The zero-order chi connectivity index (χ0) is 10.7. The molecule has 1 aromatic rings. The predicted octanol–water partition coefficient (Wildman–Crippen LogP) is 2.00. The Morgan fingerprint density at radius 3 is 1.79 bits per heavy atom. The molecule has 0 amide bonds. The molecule has 1 rings (SSSR count). The van der Waals surface area contributed by atoms with E-state index in [0.717, 1.165) is 5.56 Å². The molecular formula is C11H11N3. The maximum atomic E-state index is 8.94. The Morgan fingerprint density at radius 2 is 1.50 bits per heavy atom. The number of aryl methyl sites for hydroxylation is 2. The number of nitriles is 2. The van der Waals surface area contributed by atoms with Crippen LogP contribution in [0, 0.1) is 36.5 Å². The van der Waals surface area contributed by atoms with Crippen LogP contribution in [0.25, 0.3) is 0 Å². The molecule has 0 unspecified atom stereocenters. The molecule has 0 aliphatic rings. The van der Waals surface area contributed by atoms with Crippen molar-refractivity contribution in [3.63, 3.8) is 0 Å². The highest BCUT2D eigenvalue weighted by molar-refractivity contribution is 5.51. The van der Waals surface area contributed by atoms with Crippen molar-refractivity contribution in [1.29, 1.82) is 10.5 Å². The summed E-state index contributed by atoms with van der Waals surface area (Å²) in [6.45, 7) is 5.54. The first kappa shape index (κ1) is 10.2. The maximum absolute atomic E-state index is 8.94. The van der Waals surface area contributed by atoms with Gasteiger partial charge in [0, 0.05) is 0 Å². The van der Waals surface area contributed by atoms with E-state index in [9.17, 15) is 0 Å². The Balaban J connectivity index is 3.64. The summed E-state index contributed by atoms with van der Waals surface area (Å²) >= 11 is 0. The summed E-state index contributed by atoms with van der Waals surface area (Å²) in [5.41, 5.74) is 3.34. The summed E-state index contributed by atoms with van der Waals surface area (Å²) in [6, 6.07) is 4.21. The lowest BCUT2D eigenvalue weighted by molar-refractivity contribution is 1.02. The van der Waals surface area contributed by atoms with Gasteiger partial charge in [0.1, 0.15) is 12.1 Å². The summed E-state index contributed by atoms with van der Waals surface area (Å²) in [6.07, 6.45) is 0.690. The molecule has 0 spiro atoms. The number of aromatic nitrogens is 1. The Morgan fingerprint density at radius 1 is 1.07 bits per heavy atom. The van der Waals surface area contributed by atoms with Crippen LogP contribution in [0.4, 0.5) is 0 Å². The lowest BCUT2D eigenvalue weighted by Gasteiger charge is -2.08. The second-order valence-electron chi connectivity index (χ2n) is 3.09. The second kappa shape index (κ2) is 3.89. The van der Waals surface area contributed by atoms with Crippen molar-refractivity contribution in [1.82, 2.24) is 4.98 Å². The van der Waals surface area contributed by atoms with Gasteiger partial charge in [0.15, 0.2) is 0 Å². The van der Waals surface area contributed by atoms with Gasteiger partial charge in [-0.15, -0.1) is 0 Å². The summed E-state index contributed by atoms with van der Waals surface area (Å²) in [7, 11) is 0. The molecule has 0 fully saturated rings. The lowest BCUT2D eigenvalue weighted by atomic mass is 9.98. The number of pyridine rings is 1. The molecule has 0 saturated heterocycles. The maximum Gasteiger partial charge on any atom is 0.101 e. The Kier molecular flexibility index (Phi) is 2.84. The molecule has 14 heavy (non-hydrogen) atoms. The van der Waals surface area contributed by atoms with Crippen LogP contribution in [0.5, 0.6) is 0 Å². The first-order chi connectivity index (χ1) is 6.65. The van der Waals surface area contributed by atoms with Crippen LogP contribution in [0.3, 0.4) is 0 Å². The molecule has 0 aliphatic heterocycles. The Labute approximate surface area is 83.6 Å². The van der Waals surface area contributed by atoms with Crippen molar-refractivity contribution in [3.8, 4) is 12.1 Å². The first-order valence-corrected chi connectivity index (χ1v) is 4.46. The van der Waals surface area contributed by atoms with Gasteiger partial charge >= 0.3 is 0 Å². The topological polar surface area (TPSA) is 60.5 Å². The standard InChI is InChI=1S/C11H11N3/c1-4-9-10(5-12)7(2)14-8(3)11(9)6-13/h4H2,1-3H3. The monoisotopic (exact) mass is 185 g/mol. The zero-order valence-corrected chi connectivity index (χ0v) is 8.55. The Hall–Kier alpha value is -1.87. The fraction of sp³-hybridized carbons (Fsp3) is 0.364. The van der Waals surface area contributed by atoms with Crippen LogP contribution in [-0.4, -0.2) is 4.98 Å². The molecule has 0 aliphatic carbocycles. The number of hydrogen-bond acceptors (Lipinski definition) is 3. The van der Waals surface area contributed by atoms with Crippen molar-refractivity contribution in [2.24, 2.45) is 0 Å². The third kappa shape index (κ3) is 1.45. The van der Waals surface area contributed by atoms with Crippen LogP contribution in [-0.2, 0) is 6.42 Å². The first-order valence-electron chi connectivity index (χ1n) is 4.46. The average molecular weight is 185 g/mol. The summed E-state index contributed by atoms with van der Waals surface area (Å²) in [4.78, 5) is 4.18. The van der Waals surface area contributed by atoms with Gasteiger partial charge in [-0.1, -0.05) is 6.92 Å². The predicted molar refractivity (Wildman–Crippen MR) is 52.5 cm³/mol. The minimum absolute atomic E-state index is 0.551. The van der Waals surface area contributed by atoms with Crippen molar-refractivity contribution >= 4 is 0 Å². The molecule has 0 N–H and O–H groups in total. The zero-order valence-electron chi connectivity index (χ0n) is 8.55. The van der Waals surface area contributed by atoms with Gasteiger partial charge in [-0.05, 0) is 25.8 Å². The van der Waals surface area contributed by atoms with Gasteiger partial charge in [-0.3, -0.25) is 4.98 Å². The summed E-state index contributed by atoms with van der Waals surface area (Å²) < 4.78 is 0. The van der Waals surface area contributed by atoms with Crippen LogP contribution in [0.2, 0.25) is 0 Å². The van der Waals surface area contributed by atoms with Gasteiger partial charge in [0.05, 0.1) is 22.5 Å². The van der Waals surface area contributed by atoms with Gasteiger partial charge < -0.3 is 0 Å². The highest BCUT2D eigenvalue weighted by Crippen LogP contribution is 2.19. The molecule has 70 valence electrons. The highest BCUT2D eigenvalue weighted by atomic mass is 14.7. The van der Waals surface area contributed by atoms with Crippen molar-refractivity contribution in [2.75, 3.05) is 0 Å². The molecule has 0 saturated carbocycles. The lowest BCUT2D eigenvalue weighted by Crippen LogP contribution is -2.02. The van der Waals surface area contributed by atoms with Gasteiger partial charge in [-0.2, -0.15) is 10.5 Å². The molecule has 0 atom stereocenters. The Bertz CT molecular complexity index is 409. The van der Waals surface area contributed by atoms with Gasteiger partial charge in [-0.25, -0.2) is 0 Å². The fourth-order valence-electron chi connectivity index (χ4n) is 1.58. The van der Waals surface area contributed by atoms with E-state index in [4.69, 9.17) is 10.5 Å². The minimum Gasteiger partial charge on any atom is -0.256 e. The van der Waals surface area contributed by atoms with Crippen molar-refractivity contribution < 1.29 is 0 Å². The number of rotatable bonds is 1. The highest BCUT2D eigenvalue weighted by Gasteiger charge is 2.13. The van der Waals surface area contributed by atoms with Gasteiger partial charge in [0.2, 0.25) is 0 Å². The number of hydrogen-bond donors (Lipinski definition) is 0. The van der Waals surface area contributed by atoms with Crippen molar-refractivity contribution in [2.45, 2.75) is 27.2 Å². The van der Waals surface area contributed by atoms with E-state index >= 15 is 0 Å².